The molecule has 7 heteroatoms. The molecule has 1 heterocycles. The molecule has 2 N–H and O–H groups in total. The van der Waals surface area contributed by atoms with Crippen LogP contribution in [-0.2, 0) is 16.1 Å². The second-order valence-electron chi connectivity index (χ2n) is 3.32. The van der Waals surface area contributed by atoms with Crippen molar-refractivity contribution in [3.05, 3.63) is 6.33 Å². The molecule has 15 heavy (non-hydrogen) atoms. The van der Waals surface area contributed by atoms with E-state index >= 15 is 0 Å². The first kappa shape index (κ1) is 11.4. The van der Waals surface area contributed by atoms with Crippen molar-refractivity contribution in [1.29, 1.82) is 0 Å². The minimum absolute atomic E-state index is 0.0393. The Kier molecular flexibility index (Phi) is 4.04. The number of nitrogen functional groups attached to an aromatic ring is 1. The smallest absolute Gasteiger partial charge is 0.327 e. The normalized spacial score (nSPS) is 10.6. The lowest BCUT2D eigenvalue weighted by Crippen LogP contribution is -2.22. The number of hydrogen-bond acceptors (Lipinski definition) is 6. The van der Waals surface area contributed by atoms with Gasteiger partial charge < -0.3 is 15.4 Å². The second-order valence-corrected chi connectivity index (χ2v) is 3.32. The third-order valence-electron chi connectivity index (χ3n) is 1.65. The molecule has 0 aliphatic carbocycles. The van der Waals surface area contributed by atoms with Crippen LogP contribution in [0, 0.1) is 0 Å². The van der Waals surface area contributed by atoms with E-state index in [0.29, 0.717) is 13.2 Å². The van der Waals surface area contributed by atoms with Crippen molar-refractivity contribution in [3.8, 4) is 0 Å². The molecule has 0 fully saturated rings. The Morgan fingerprint density at radius 2 is 2.40 bits per heavy atom. The third-order valence-corrected chi connectivity index (χ3v) is 1.65. The number of ether oxygens (including phenoxy) is 1. The van der Waals surface area contributed by atoms with Crippen LogP contribution in [0.25, 0.3) is 0 Å². The van der Waals surface area contributed by atoms with Gasteiger partial charge in [-0.25, -0.2) is 9.67 Å². The Hall–Kier alpha value is -1.63. The van der Waals surface area contributed by atoms with Gasteiger partial charge in [-0.05, 0) is 14.1 Å². The highest BCUT2D eigenvalue weighted by molar-refractivity contribution is 5.69. The van der Waals surface area contributed by atoms with Gasteiger partial charge in [-0.15, -0.1) is 5.10 Å². The SMILES string of the molecule is CN(C)CCOC(=O)Cn1cnc(N)n1. The Labute approximate surface area is 87.8 Å². The maximum atomic E-state index is 11.2. The molecule has 7 nitrogen and oxygen atoms in total. The van der Waals surface area contributed by atoms with Crippen molar-refractivity contribution in [1.82, 2.24) is 19.7 Å². The van der Waals surface area contributed by atoms with Gasteiger partial charge >= 0.3 is 5.97 Å². The molecule has 84 valence electrons. The average molecular weight is 213 g/mol. The number of aromatic nitrogens is 3. The number of anilines is 1. The van der Waals surface area contributed by atoms with Gasteiger partial charge in [0.25, 0.3) is 0 Å². The highest BCUT2D eigenvalue weighted by Gasteiger charge is 2.05. The summed E-state index contributed by atoms with van der Waals surface area (Å²) in [6, 6.07) is 0. The molecule has 0 aromatic carbocycles. The lowest BCUT2D eigenvalue weighted by Gasteiger charge is -2.09. The molecule has 0 amide bonds. The number of carbonyl (C=O) groups excluding carboxylic acids is 1. The van der Waals surface area contributed by atoms with Crippen molar-refractivity contribution >= 4 is 11.9 Å². The first-order valence-electron chi connectivity index (χ1n) is 4.53. The van der Waals surface area contributed by atoms with Gasteiger partial charge in [-0.3, -0.25) is 4.79 Å². The molecule has 0 aliphatic rings. The molecule has 1 rings (SSSR count). The van der Waals surface area contributed by atoms with Crippen LogP contribution in [0.5, 0.6) is 0 Å². The van der Waals surface area contributed by atoms with E-state index in [4.69, 9.17) is 10.5 Å². The summed E-state index contributed by atoms with van der Waals surface area (Å²) < 4.78 is 6.30. The maximum absolute atomic E-state index is 11.2. The Morgan fingerprint density at radius 3 is 2.93 bits per heavy atom. The van der Waals surface area contributed by atoms with Crippen LogP contribution in [0.2, 0.25) is 0 Å². The summed E-state index contributed by atoms with van der Waals surface area (Å²) in [4.78, 5) is 16.9. The fraction of sp³-hybridized carbons (Fsp3) is 0.625. The molecule has 0 atom stereocenters. The molecule has 0 saturated heterocycles. The number of carbonyl (C=O) groups is 1. The highest BCUT2D eigenvalue weighted by Crippen LogP contribution is 1.91. The summed E-state index contributed by atoms with van der Waals surface area (Å²) in [5.74, 6) is -0.196. The topological polar surface area (TPSA) is 86.3 Å². The summed E-state index contributed by atoms with van der Waals surface area (Å²) in [5, 5.41) is 3.77. The fourth-order valence-electron chi connectivity index (χ4n) is 0.905. The van der Waals surface area contributed by atoms with E-state index < -0.39 is 0 Å². The lowest BCUT2D eigenvalue weighted by molar-refractivity contribution is -0.144. The number of esters is 1. The largest absolute Gasteiger partial charge is 0.463 e. The van der Waals surface area contributed by atoms with Gasteiger partial charge in [0.15, 0.2) is 0 Å². The molecular weight excluding hydrogens is 198 g/mol. The van der Waals surface area contributed by atoms with E-state index in [1.807, 2.05) is 19.0 Å². The predicted molar refractivity (Wildman–Crippen MR) is 53.9 cm³/mol. The van der Waals surface area contributed by atoms with Crippen molar-refractivity contribution in [2.45, 2.75) is 6.54 Å². The van der Waals surface area contributed by atoms with Crippen molar-refractivity contribution < 1.29 is 9.53 Å². The summed E-state index contributed by atoms with van der Waals surface area (Å²) in [5.41, 5.74) is 5.29. The maximum Gasteiger partial charge on any atom is 0.327 e. The minimum Gasteiger partial charge on any atom is -0.463 e. The van der Waals surface area contributed by atoms with Gasteiger partial charge in [-0.1, -0.05) is 0 Å². The van der Waals surface area contributed by atoms with Gasteiger partial charge in [0.2, 0.25) is 5.95 Å². The van der Waals surface area contributed by atoms with Crippen LogP contribution < -0.4 is 5.73 Å². The zero-order valence-electron chi connectivity index (χ0n) is 8.88. The summed E-state index contributed by atoms with van der Waals surface area (Å²) in [6.07, 6.45) is 1.39. The first-order chi connectivity index (χ1) is 7.08. The molecule has 0 saturated carbocycles. The summed E-state index contributed by atoms with van der Waals surface area (Å²) in [6.45, 7) is 1.11. The number of rotatable bonds is 5. The fourth-order valence-corrected chi connectivity index (χ4v) is 0.905. The standard InChI is InChI=1S/C8H15N5O2/c1-12(2)3-4-15-7(14)5-13-6-10-8(9)11-13/h6H,3-5H2,1-2H3,(H2,9,11). The van der Waals surface area contributed by atoms with Crippen LogP contribution >= 0.6 is 0 Å². The quantitative estimate of drug-likeness (QED) is 0.629. The molecule has 0 radical (unpaired) electrons. The van der Waals surface area contributed by atoms with Crippen LogP contribution in [0.15, 0.2) is 6.33 Å². The number of likely N-dealkylation sites (N-methyl/N-ethyl adjacent to an activating group) is 1. The van der Waals surface area contributed by atoms with E-state index in [9.17, 15) is 4.79 Å². The van der Waals surface area contributed by atoms with Crippen molar-refractivity contribution in [2.75, 3.05) is 33.0 Å². The van der Waals surface area contributed by atoms with Crippen LogP contribution in [0.1, 0.15) is 0 Å². The first-order valence-corrected chi connectivity index (χ1v) is 4.53. The average Bonchev–Trinajstić information content (AvgIpc) is 2.50. The Bertz CT molecular complexity index is 323. The molecular formula is C8H15N5O2. The number of nitrogens with zero attached hydrogens (tertiary/aromatic N) is 4. The summed E-state index contributed by atoms with van der Waals surface area (Å²) >= 11 is 0. The number of nitrogens with two attached hydrogens (primary N) is 1. The van der Waals surface area contributed by atoms with E-state index in [0.717, 1.165) is 0 Å². The van der Waals surface area contributed by atoms with Crippen LogP contribution in [-0.4, -0.2) is 52.9 Å². The van der Waals surface area contributed by atoms with Crippen molar-refractivity contribution in [3.63, 3.8) is 0 Å². The Balaban J connectivity index is 2.24. The van der Waals surface area contributed by atoms with E-state index in [1.165, 1.54) is 11.0 Å². The van der Waals surface area contributed by atoms with E-state index in [1.54, 1.807) is 0 Å². The van der Waals surface area contributed by atoms with E-state index in [-0.39, 0.29) is 18.5 Å². The monoisotopic (exact) mass is 213 g/mol. The van der Waals surface area contributed by atoms with Crippen LogP contribution in [0.3, 0.4) is 0 Å². The van der Waals surface area contributed by atoms with E-state index in [2.05, 4.69) is 10.1 Å². The van der Waals surface area contributed by atoms with Gasteiger partial charge in [0, 0.05) is 6.54 Å². The molecule has 1 aromatic rings. The highest BCUT2D eigenvalue weighted by atomic mass is 16.5. The molecule has 0 bridgehead atoms. The minimum atomic E-state index is -0.346. The molecule has 0 aliphatic heterocycles. The zero-order chi connectivity index (χ0) is 11.3. The second kappa shape index (κ2) is 5.30. The van der Waals surface area contributed by atoms with Gasteiger partial charge in [0.05, 0.1) is 0 Å². The summed E-state index contributed by atoms with van der Waals surface area (Å²) in [7, 11) is 3.82. The third kappa shape index (κ3) is 4.41. The zero-order valence-corrected chi connectivity index (χ0v) is 8.88. The molecule has 1 aromatic heterocycles. The molecule has 0 spiro atoms. The van der Waals surface area contributed by atoms with Gasteiger partial charge in [-0.2, -0.15) is 0 Å². The lowest BCUT2D eigenvalue weighted by atomic mass is 10.6. The number of hydrogen-bond donors (Lipinski definition) is 1. The molecule has 0 unspecified atom stereocenters. The Morgan fingerprint density at radius 1 is 1.67 bits per heavy atom. The van der Waals surface area contributed by atoms with Crippen LogP contribution in [0.4, 0.5) is 5.95 Å². The van der Waals surface area contributed by atoms with Gasteiger partial charge in [0.1, 0.15) is 19.5 Å². The predicted octanol–water partition coefficient (Wildman–Crippen LogP) is -1.03. The van der Waals surface area contributed by atoms with Crippen molar-refractivity contribution in [2.24, 2.45) is 0 Å².